The second kappa shape index (κ2) is 11.4. The molecule has 0 saturated heterocycles. The van der Waals surface area contributed by atoms with E-state index in [1.807, 2.05) is 0 Å². The van der Waals surface area contributed by atoms with E-state index in [9.17, 15) is 18.9 Å². The molecule has 11 nitrogen and oxygen atoms in total. The van der Waals surface area contributed by atoms with Gasteiger partial charge < -0.3 is 30.3 Å². The molecule has 1 atom stereocenters. The molecule has 0 aliphatic rings. The SMILES string of the molecule is COc1ccc(CC(=O)NCc2cccc(C(=O)N[C@@H](COP(=O)(O)O)C(=O)O)c2)cc1. The number of carbonyl (C=O) groups is 3. The number of nitrogens with one attached hydrogen (secondary N) is 2. The van der Waals surface area contributed by atoms with Crippen molar-refractivity contribution in [1.29, 1.82) is 0 Å². The molecule has 0 fully saturated rings. The van der Waals surface area contributed by atoms with Crippen LogP contribution in [-0.2, 0) is 31.6 Å². The van der Waals surface area contributed by atoms with Gasteiger partial charge in [-0.25, -0.2) is 9.36 Å². The van der Waals surface area contributed by atoms with Crippen LogP contribution in [-0.4, -0.2) is 52.4 Å². The van der Waals surface area contributed by atoms with Gasteiger partial charge in [0.25, 0.3) is 5.91 Å². The first-order chi connectivity index (χ1) is 15.1. The lowest BCUT2D eigenvalue weighted by atomic mass is 10.1. The van der Waals surface area contributed by atoms with Crippen LogP contribution in [0, 0.1) is 0 Å². The first kappa shape index (κ1) is 25.0. The van der Waals surface area contributed by atoms with Crippen LogP contribution >= 0.6 is 7.82 Å². The summed E-state index contributed by atoms with van der Waals surface area (Å²) in [6, 6.07) is 11.5. The van der Waals surface area contributed by atoms with E-state index in [0.29, 0.717) is 11.3 Å². The Morgan fingerprint density at radius 2 is 1.75 bits per heavy atom. The topological polar surface area (TPSA) is 171 Å². The monoisotopic (exact) mass is 466 g/mol. The maximum absolute atomic E-state index is 12.3. The largest absolute Gasteiger partial charge is 0.497 e. The van der Waals surface area contributed by atoms with Crippen LogP contribution < -0.4 is 15.4 Å². The van der Waals surface area contributed by atoms with Crippen LogP contribution in [0.25, 0.3) is 0 Å². The number of benzene rings is 2. The highest BCUT2D eigenvalue weighted by molar-refractivity contribution is 7.46. The first-order valence-electron chi connectivity index (χ1n) is 9.29. The molecule has 0 radical (unpaired) electrons. The summed E-state index contributed by atoms with van der Waals surface area (Å²) < 4.78 is 20.0. The number of aliphatic carboxylic acids is 1. The number of carboxylic acids is 1. The highest BCUT2D eigenvalue weighted by Gasteiger charge is 2.25. The maximum Gasteiger partial charge on any atom is 0.469 e. The normalized spacial score (nSPS) is 12.0. The molecule has 0 unspecified atom stereocenters. The van der Waals surface area contributed by atoms with Gasteiger partial charge in [0.1, 0.15) is 5.75 Å². The Balaban J connectivity index is 1.93. The van der Waals surface area contributed by atoms with Gasteiger partial charge in [-0.1, -0.05) is 24.3 Å². The minimum Gasteiger partial charge on any atom is -0.497 e. The zero-order valence-corrected chi connectivity index (χ0v) is 18.0. The van der Waals surface area contributed by atoms with Crippen LogP contribution in [0.3, 0.4) is 0 Å². The molecule has 2 aromatic carbocycles. The van der Waals surface area contributed by atoms with E-state index in [-0.39, 0.29) is 24.4 Å². The molecule has 0 aliphatic heterocycles. The maximum atomic E-state index is 12.3. The van der Waals surface area contributed by atoms with Crippen molar-refractivity contribution in [2.45, 2.75) is 19.0 Å². The summed E-state index contributed by atoms with van der Waals surface area (Å²) in [7, 11) is -3.34. The summed E-state index contributed by atoms with van der Waals surface area (Å²) in [5, 5.41) is 14.0. The number of phosphoric ester groups is 1. The molecule has 0 aromatic heterocycles. The van der Waals surface area contributed by atoms with Crippen molar-refractivity contribution in [3.63, 3.8) is 0 Å². The smallest absolute Gasteiger partial charge is 0.469 e. The fourth-order valence-electron chi connectivity index (χ4n) is 2.60. The number of phosphoric acid groups is 1. The number of carboxylic acid groups (broad SMARTS) is 1. The number of methoxy groups -OCH3 is 1. The molecule has 172 valence electrons. The lowest BCUT2D eigenvalue weighted by Gasteiger charge is -2.15. The second-order valence-corrected chi connectivity index (χ2v) is 7.89. The van der Waals surface area contributed by atoms with E-state index in [1.165, 1.54) is 12.1 Å². The molecule has 2 aromatic rings. The van der Waals surface area contributed by atoms with Crippen molar-refractivity contribution < 1.29 is 43.1 Å². The van der Waals surface area contributed by atoms with Crippen molar-refractivity contribution in [2.75, 3.05) is 13.7 Å². The number of hydrogen-bond acceptors (Lipinski definition) is 6. The number of hydrogen-bond donors (Lipinski definition) is 5. The Hall–Kier alpha value is -3.24. The lowest BCUT2D eigenvalue weighted by molar-refractivity contribution is -0.140. The molecule has 0 saturated carbocycles. The fraction of sp³-hybridized carbons (Fsp3) is 0.250. The predicted molar refractivity (Wildman–Crippen MR) is 112 cm³/mol. The zero-order chi connectivity index (χ0) is 23.7. The third-order valence-corrected chi connectivity index (χ3v) is 4.70. The molecule has 32 heavy (non-hydrogen) atoms. The Labute approximate surface area is 183 Å². The lowest BCUT2D eigenvalue weighted by Crippen LogP contribution is -2.43. The van der Waals surface area contributed by atoms with Crippen LogP contribution in [0.1, 0.15) is 21.5 Å². The van der Waals surface area contributed by atoms with E-state index >= 15 is 0 Å². The minimum atomic E-state index is -4.89. The standard InChI is InChI=1S/C20H23N2O9P/c1-30-16-7-5-13(6-8-16)10-18(23)21-11-14-3-2-4-15(9-14)19(24)22-17(20(25)26)12-31-32(27,28)29/h2-9,17H,10-12H2,1H3,(H,21,23)(H,22,24)(H,25,26)(H2,27,28,29)/t17-/m0/s1. The van der Waals surface area contributed by atoms with Crippen LogP contribution in [0.5, 0.6) is 5.75 Å². The number of carbonyl (C=O) groups excluding carboxylic acids is 2. The van der Waals surface area contributed by atoms with Crippen molar-refractivity contribution in [2.24, 2.45) is 0 Å². The highest BCUT2D eigenvalue weighted by atomic mass is 31.2. The summed E-state index contributed by atoms with van der Waals surface area (Å²) in [5.41, 5.74) is 1.50. The van der Waals surface area contributed by atoms with Gasteiger partial charge in [-0.3, -0.25) is 14.1 Å². The quantitative estimate of drug-likeness (QED) is 0.301. The Morgan fingerprint density at radius 1 is 1.06 bits per heavy atom. The van der Waals surface area contributed by atoms with Gasteiger partial charge in [0.15, 0.2) is 6.04 Å². The van der Waals surface area contributed by atoms with Gasteiger partial charge in [0, 0.05) is 12.1 Å². The number of rotatable bonds is 11. The molecule has 0 aliphatic carbocycles. The molecular weight excluding hydrogens is 443 g/mol. The molecule has 0 spiro atoms. The molecule has 2 rings (SSSR count). The van der Waals surface area contributed by atoms with E-state index in [2.05, 4.69) is 15.2 Å². The Bertz CT molecular complexity index is 1000. The van der Waals surface area contributed by atoms with Crippen molar-refractivity contribution in [3.05, 3.63) is 65.2 Å². The van der Waals surface area contributed by atoms with Gasteiger partial charge in [-0.15, -0.1) is 0 Å². The van der Waals surface area contributed by atoms with Gasteiger partial charge >= 0.3 is 13.8 Å². The summed E-state index contributed by atoms with van der Waals surface area (Å²) in [5.74, 6) is -1.85. The molecule has 0 heterocycles. The van der Waals surface area contributed by atoms with Crippen LogP contribution in [0.15, 0.2) is 48.5 Å². The number of ether oxygens (including phenoxy) is 1. The van der Waals surface area contributed by atoms with Crippen LogP contribution in [0.4, 0.5) is 0 Å². The van der Waals surface area contributed by atoms with Gasteiger partial charge in [-0.2, -0.15) is 0 Å². The van der Waals surface area contributed by atoms with Crippen molar-refractivity contribution in [3.8, 4) is 5.75 Å². The first-order valence-corrected chi connectivity index (χ1v) is 10.8. The van der Waals surface area contributed by atoms with E-state index in [4.69, 9.17) is 19.6 Å². The third-order valence-electron chi connectivity index (χ3n) is 4.22. The molecule has 5 N–H and O–H groups in total. The average molecular weight is 466 g/mol. The number of amides is 2. The van der Waals surface area contributed by atoms with E-state index in [1.54, 1.807) is 43.5 Å². The average Bonchev–Trinajstić information content (AvgIpc) is 2.75. The van der Waals surface area contributed by atoms with E-state index < -0.39 is 32.3 Å². The van der Waals surface area contributed by atoms with Crippen molar-refractivity contribution >= 4 is 25.6 Å². The second-order valence-electron chi connectivity index (χ2n) is 6.65. The molecule has 2 amide bonds. The highest BCUT2D eigenvalue weighted by Crippen LogP contribution is 2.35. The van der Waals surface area contributed by atoms with Gasteiger partial charge in [0.2, 0.25) is 5.91 Å². The fourth-order valence-corrected chi connectivity index (χ4v) is 2.95. The third kappa shape index (κ3) is 8.48. The minimum absolute atomic E-state index is 0.106. The van der Waals surface area contributed by atoms with E-state index in [0.717, 1.165) is 5.56 Å². The summed E-state index contributed by atoms with van der Waals surface area (Å²) in [6.07, 6.45) is 0.157. The predicted octanol–water partition coefficient (Wildman–Crippen LogP) is 0.846. The van der Waals surface area contributed by atoms with Crippen LogP contribution in [0.2, 0.25) is 0 Å². The Kier molecular flexibility index (Phi) is 8.91. The molecule has 12 heteroatoms. The van der Waals surface area contributed by atoms with Gasteiger partial charge in [0.05, 0.1) is 20.1 Å². The summed E-state index contributed by atoms with van der Waals surface area (Å²) in [4.78, 5) is 53.1. The summed E-state index contributed by atoms with van der Waals surface area (Å²) in [6.45, 7) is -0.772. The summed E-state index contributed by atoms with van der Waals surface area (Å²) >= 11 is 0. The molecule has 0 bridgehead atoms. The van der Waals surface area contributed by atoms with Gasteiger partial charge in [-0.05, 0) is 35.4 Å². The van der Waals surface area contributed by atoms with Crippen molar-refractivity contribution in [1.82, 2.24) is 10.6 Å². The molecular formula is C20H23N2O9P. The zero-order valence-electron chi connectivity index (χ0n) is 17.1. The Morgan fingerprint density at radius 3 is 2.34 bits per heavy atom.